The van der Waals surface area contributed by atoms with Crippen LogP contribution < -0.4 is 21.3 Å². The fraction of sp³-hybridized carbons (Fsp3) is 0.275. The average molecular weight is 2180 g/mol. The Balaban J connectivity index is 0.000000202. The molecule has 0 aliphatic carbocycles. The van der Waals surface area contributed by atoms with Crippen LogP contribution in [0.5, 0.6) is 0 Å². The maximum absolute atomic E-state index is 12.6. The molecule has 4 heterocycles. The number of hydrogen-bond donors (Lipinski definition) is 5. The molecule has 0 saturated heterocycles. The molecule has 0 radical (unpaired) electrons. The van der Waals surface area contributed by atoms with Gasteiger partial charge in [0.25, 0.3) is 0 Å². The van der Waals surface area contributed by atoms with E-state index in [0.29, 0.717) is 83.9 Å². The Hall–Kier alpha value is -14.7. The number of aryl methyl sites for hydroxylation is 10. The van der Waals surface area contributed by atoms with E-state index < -0.39 is 36.8 Å². The number of benzene rings is 12. The van der Waals surface area contributed by atoms with Crippen LogP contribution in [0.4, 0.5) is 37.1 Å². The third-order valence-electron chi connectivity index (χ3n) is 23.7. The number of nitrogens with zero attached hydrogens (tertiary/aromatic N) is 3. The molecule has 16 rings (SSSR count). The van der Waals surface area contributed by atoms with Gasteiger partial charge in [-0.05, 0) is 265 Å². The van der Waals surface area contributed by atoms with Crippen LogP contribution in [0, 0.1) is 79.6 Å². The first-order chi connectivity index (χ1) is 69.1. The number of ketones is 4. The number of aliphatic hydroxyl groups excluding tert-OH is 1. The summed E-state index contributed by atoms with van der Waals surface area (Å²) in [6.07, 6.45) is 10.9. The molecule has 748 valence electrons. The Labute approximate surface area is 862 Å². The first-order valence-corrected chi connectivity index (χ1v) is 50.2. The molecule has 144 heavy (non-hydrogen) atoms. The molecule has 12 aromatic rings. The number of esters is 1. The second kappa shape index (κ2) is 59.9. The quantitative estimate of drug-likeness (QED) is 0.0172. The van der Waals surface area contributed by atoms with E-state index in [0.717, 1.165) is 153 Å². The van der Waals surface area contributed by atoms with Crippen molar-refractivity contribution in [3.63, 3.8) is 0 Å². The van der Waals surface area contributed by atoms with Gasteiger partial charge >= 0.3 is 49.5 Å². The Morgan fingerprint density at radius 2 is 0.778 bits per heavy atom. The van der Waals surface area contributed by atoms with E-state index in [2.05, 4.69) is 189 Å². The monoisotopic (exact) mass is 2180 g/mol. The van der Waals surface area contributed by atoms with Crippen LogP contribution in [-0.4, -0.2) is 95.9 Å². The standard InChI is InChI=1S/C29H32N2O3.C29H30N2O3.C29H26N2O3.C18H16BrNO.C12H12O2.C2H6O.CH4.2O.Pt/c3*1-20-14-25-17-26(32)18-28(31-27(25)15-21(20)2)24-12-6-10-22(16-24)11-7-13-30-29(33)34-19-23-8-4-3-5-9-23;1-11-6-14-9-16(21)10-18(20-17(14)7-12(11)2)13-4-3-5-15(19)8-13;1-2-3-9-12(13)14-10-11-7-5-4-6-8-11;1-2-3;;;;/h3-6,8-10,12,14-16,28,31H,7,11,13,17-19H2,1-2H3,(H,30,33);3-6,8-10,12,14-16H,7,11,13,17-19H2,1-2H3,(H,30,33);3-6,8-10,12,14-16H,13,17-19H2,1-2H3,(H,30,33);3-8H,9-10H2,1-2H3;1,4-8H,3,9-10H2;3H,2H2,1H3;1H4;;;. The Morgan fingerprint density at radius 3 is 1.21 bits per heavy atom. The fourth-order valence-corrected chi connectivity index (χ4v) is 16.1. The first-order valence-electron chi connectivity index (χ1n) is 47.5. The fourth-order valence-electron chi connectivity index (χ4n) is 15.7. The molecule has 1 unspecified atom stereocenters. The van der Waals surface area contributed by atoms with E-state index in [4.69, 9.17) is 52.2 Å². The molecule has 22 nitrogen and oxygen atoms in total. The number of hydrogen-bond acceptors (Lipinski definition) is 19. The van der Waals surface area contributed by atoms with Crippen molar-refractivity contribution >= 4 is 103 Å². The van der Waals surface area contributed by atoms with Crippen molar-refractivity contribution in [3.8, 4) is 24.2 Å². The van der Waals surface area contributed by atoms with Gasteiger partial charge in [0.15, 0.2) is 0 Å². The molecule has 0 aromatic heterocycles. The summed E-state index contributed by atoms with van der Waals surface area (Å²) in [5.41, 5.74) is 30.7. The second-order valence-corrected chi connectivity index (χ2v) is 36.2. The number of carbonyl (C=O) groups excluding carboxylic acids is 8. The number of fused-ring (bicyclic) bond motifs is 4. The van der Waals surface area contributed by atoms with Gasteiger partial charge in [-0.2, -0.15) is 0 Å². The zero-order chi connectivity index (χ0) is 102. The molecule has 0 bridgehead atoms. The van der Waals surface area contributed by atoms with E-state index in [9.17, 15) is 38.4 Å². The van der Waals surface area contributed by atoms with Gasteiger partial charge in [0.05, 0.1) is 53.2 Å². The zero-order valence-electron chi connectivity index (χ0n) is 82.3. The van der Waals surface area contributed by atoms with Crippen molar-refractivity contribution in [1.29, 1.82) is 0 Å². The number of aliphatic imine (C=N–C) groups is 3. The van der Waals surface area contributed by atoms with Crippen LogP contribution in [0.2, 0.25) is 0 Å². The number of ether oxygens (including phenoxy) is 4. The summed E-state index contributed by atoms with van der Waals surface area (Å²) in [4.78, 5) is 111. The van der Waals surface area contributed by atoms with Gasteiger partial charge in [-0.1, -0.05) is 248 Å². The van der Waals surface area contributed by atoms with Crippen molar-refractivity contribution in [2.45, 2.75) is 192 Å². The molecule has 5 N–H and O–H groups in total. The van der Waals surface area contributed by atoms with Crippen molar-refractivity contribution in [3.05, 3.63) is 399 Å². The third-order valence-corrected chi connectivity index (χ3v) is 24.2. The van der Waals surface area contributed by atoms with Crippen molar-refractivity contribution < 1.29 is 87.7 Å². The van der Waals surface area contributed by atoms with Gasteiger partial charge in [0.2, 0.25) is 0 Å². The molecule has 4 aliphatic heterocycles. The number of nitrogens with one attached hydrogen (secondary N) is 4. The number of alkyl carbamates (subject to hydrolysis) is 3. The molecule has 12 aromatic carbocycles. The number of aliphatic hydroxyl groups is 1. The summed E-state index contributed by atoms with van der Waals surface area (Å²) < 4.78 is 38.6. The average Bonchev–Trinajstić information content (AvgIpc) is 1.66. The number of halogens is 1. The molecular formula is C120H126BrN7O15Pt. The SMILES string of the molecule is C.C#CCCC(=O)OCc1ccccc1.CCO.Cc1cc2c(cc1C)N=C(c1cccc(Br)c1)CC(=O)C2.Cc1cc2c(cc1C)N=C(c1cccc(C#CCNC(=O)OCc3ccccc3)c1)CC(=O)C2.Cc1cc2c(cc1C)N=C(c1cccc(CCCNC(=O)OCc3ccccc3)c1)CC(=O)C2.Cc1cc2c(cc1C)NC(c1cccc(CCCNC(=O)OCc3ccccc3)c1)CC(=O)C2.[O]=[Pt]=[O]. The number of Topliss-reactive ketones (excluding diaryl/α,β-unsaturated/α-hetero) is 4. The maximum atomic E-state index is 12.6. The van der Waals surface area contributed by atoms with Gasteiger partial charge in [0, 0.05) is 93.2 Å². The summed E-state index contributed by atoms with van der Waals surface area (Å²) in [6, 6.07) is 87.2. The van der Waals surface area contributed by atoms with Crippen molar-refractivity contribution in [1.82, 2.24) is 16.0 Å². The topological polar surface area (TPSA) is 313 Å². The van der Waals surface area contributed by atoms with Crippen LogP contribution in [0.15, 0.2) is 286 Å². The van der Waals surface area contributed by atoms with Crippen molar-refractivity contribution in [2.24, 2.45) is 15.0 Å². The van der Waals surface area contributed by atoms with E-state index in [1.807, 2.05) is 188 Å². The molecule has 3 amide bonds. The zero-order valence-corrected chi connectivity index (χ0v) is 86.2. The molecule has 24 heteroatoms. The molecule has 1 atom stereocenters. The van der Waals surface area contributed by atoms with Crippen LogP contribution in [0.25, 0.3) is 0 Å². The van der Waals surface area contributed by atoms with Gasteiger partial charge in [-0.15, -0.1) is 12.3 Å². The Kier molecular flexibility index (Phi) is 46.9. The third kappa shape index (κ3) is 38.3. The molecular weight excluding hydrogens is 2050 g/mol. The molecule has 0 saturated carbocycles. The summed E-state index contributed by atoms with van der Waals surface area (Å²) in [6.45, 7) is 20.8. The van der Waals surface area contributed by atoms with Gasteiger partial charge in [-0.3, -0.25) is 38.9 Å². The van der Waals surface area contributed by atoms with Crippen molar-refractivity contribution in [2.75, 3.05) is 31.6 Å². The normalized spacial score (nSPS) is 12.8. The minimum absolute atomic E-state index is 0. The number of carbonyl (C=O) groups is 8. The van der Waals surface area contributed by atoms with E-state index in [1.54, 1.807) is 6.92 Å². The number of rotatable bonds is 23. The molecule has 4 aliphatic rings. The van der Waals surface area contributed by atoms with Crippen LogP contribution in [0.3, 0.4) is 0 Å². The summed E-state index contributed by atoms with van der Waals surface area (Å²) >= 11 is 1.56. The minimum atomic E-state index is -1.92. The molecule has 0 fully saturated rings. The van der Waals surface area contributed by atoms with Gasteiger partial charge in [-0.25, -0.2) is 14.4 Å². The summed E-state index contributed by atoms with van der Waals surface area (Å²) in [5.74, 6) is 8.95. The number of anilines is 1. The summed E-state index contributed by atoms with van der Waals surface area (Å²) in [5, 5.41) is 19.4. The molecule has 0 spiro atoms. The van der Waals surface area contributed by atoms with Gasteiger partial charge in [0.1, 0.15) is 49.6 Å². The predicted molar refractivity (Wildman–Crippen MR) is 568 cm³/mol. The Bertz CT molecular complexity index is 6680. The van der Waals surface area contributed by atoms with E-state index in [-0.39, 0.29) is 75.5 Å². The first kappa shape index (κ1) is 113. The van der Waals surface area contributed by atoms with Crippen LogP contribution in [-0.2, 0) is 133 Å². The van der Waals surface area contributed by atoms with Gasteiger partial charge < -0.3 is 45.3 Å². The predicted octanol–water partition coefficient (Wildman–Crippen LogP) is 24.1. The second-order valence-electron chi connectivity index (χ2n) is 34.9. The Morgan fingerprint density at radius 1 is 0.424 bits per heavy atom. The van der Waals surface area contributed by atoms with Crippen LogP contribution >= 0.6 is 15.9 Å². The summed E-state index contributed by atoms with van der Waals surface area (Å²) in [7, 11) is 0. The van der Waals surface area contributed by atoms with Crippen LogP contribution in [0.1, 0.15) is 200 Å². The number of amides is 3. The van der Waals surface area contributed by atoms with E-state index >= 15 is 0 Å². The number of terminal acetylenes is 1. The van der Waals surface area contributed by atoms with E-state index in [1.165, 1.54) is 44.5 Å².